The van der Waals surface area contributed by atoms with Crippen molar-refractivity contribution < 1.29 is 9.50 Å². The van der Waals surface area contributed by atoms with Crippen LogP contribution < -0.4 is 0 Å². The summed E-state index contributed by atoms with van der Waals surface area (Å²) in [4.78, 5) is 0. The van der Waals surface area contributed by atoms with Gasteiger partial charge in [0.15, 0.2) is 5.83 Å². The van der Waals surface area contributed by atoms with E-state index in [1.807, 2.05) is 0 Å². The van der Waals surface area contributed by atoms with Gasteiger partial charge in [-0.3, -0.25) is 0 Å². The summed E-state index contributed by atoms with van der Waals surface area (Å²) in [6.07, 6.45) is 1.32. The van der Waals surface area contributed by atoms with E-state index in [2.05, 4.69) is 13.2 Å². The molecule has 0 aromatic heterocycles. The van der Waals surface area contributed by atoms with E-state index in [-0.39, 0.29) is 0 Å². The first-order valence-electron chi connectivity index (χ1n) is 2.46. The maximum Gasteiger partial charge on any atom is 0.167 e. The second-order valence-corrected chi connectivity index (χ2v) is 1.65. The fraction of sp³-hybridized carbons (Fsp3) is 0.143. The van der Waals surface area contributed by atoms with Crippen molar-refractivity contribution >= 4 is 0 Å². The van der Waals surface area contributed by atoms with Gasteiger partial charge in [0.25, 0.3) is 0 Å². The fourth-order valence-electron chi connectivity index (χ4n) is 0.317. The zero-order valence-electron chi connectivity index (χ0n) is 5.32. The molecule has 0 aromatic carbocycles. The Kier molecular flexibility index (Phi) is 2.71. The second kappa shape index (κ2) is 3.07. The van der Waals surface area contributed by atoms with E-state index in [1.165, 1.54) is 13.0 Å². The van der Waals surface area contributed by atoms with Crippen molar-refractivity contribution in [1.82, 2.24) is 0 Å². The summed E-state index contributed by atoms with van der Waals surface area (Å²) >= 11 is 0. The summed E-state index contributed by atoms with van der Waals surface area (Å²) < 4.78 is 12.4. The highest BCUT2D eigenvalue weighted by atomic mass is 19.1. The highest BCUT2D eigenvalue weighted by Crippen LogP contribution is 2.11. The smallest absolute Gasteiger partial charge is 0.167 e. The summed E-state index contributed by atoms with van der Waals surface area (Å²) in [5.41, 5.74) is 0.294. The van der Waals surface area contributed by atoms with E-state index in [0.717, 1.165) is 0 Å². The van der Waals surface area contributed by atoms with Gasteiger partial charge in [-0.2, -0.15) is 0 Å². The summed E-state index contributed by atoms with van der Waals surface area (Å²) in [7, 11) is 0. The van der Waals surface area contributed by atoms with Gasteiger partial charge in [-0.05, 0) is 12.5 Å². The molecule has 50 valence electrons. The van der Waals surface area contributed by atoms with Gasteiger partial charge in [-0.1, -0.05) is 19.2 Å². The van der Waals surface area contributed by atoms with Gasteiger partial charge in [-0.15, -0.1) is 0 Å². The van der Waals surface area contributed by atoms with Crippen molar-refractivity contribution in [2.45, 2.75) is 6.92 Å². The monoisotopic (exact) mass is 128 g/mol. The van der Waals surface area contributed by atoms with Crippen LogP contribution in [0.3, 0.4) is 0 Å². The lowest BCUT2D eigenvalue weighted by atomic mass is 10.2. The lowest BCUT2D eigenvalue weighted by molar-refractivity contribution is 0.390. The molecule has 0 aromatic rings. The summed E-state index contributed by atoms with van der Waals surface area (Å²) in [5, 5.41) is 8.45. The number of allylic oxidation sites excluding steroid dienone is 3. The molecule has 0 heterocycles. The number of rotatable bonds is 2. The molecule has 1 N–H and O–H groups in total. The van der Waals surface area contributed by atoms with Crippen LogP contribution in [0.25, 0.3) is 0 Å². The molecule has 0 atom stereocenters. The Morgan fingerprint density at radius 1 is 1.67 bits per heavy atom. The van der Waals surface area contributed by atoms with Crippen molar-refractivity contribution in [3.63, 3.8) is 0 Å². The zero-order chi connectivity index (χ0) is 7.44. The van der Waals surface area contributed by atoms with Crippen molar-refractivity contribution in [3.8, 4) is 0 Å². The van der Waals surface area contributed by atoms with E-state index in [4.69, 9.17) is 5.11 Å². The number of aliphatic hydroxyl groups excluding tert-OH is 1. The Labute approximate surface area is 53.8 Å². The van der Waals surface area contributed by atoms with Crippen molar-refractivity contribution in [2.24, 2.45) is 0 Å². The lowest BCUT2D eigenvalue weighted by Gasteiger charge is -1.94. The van der Waals surface area contributed by atoms with Gasteiger partial charge in [0.1, 0.15) is 5.76 Å². The third kappa shape index (κ3) is 2.13. The average Bonchev–Trinajstić information content (AvgIpc) is 1.84. The zero-order valence-corrected chi connectivity index (χ0v) is 5.32. The number of hydrogen-bond donors (Lipinski definition) is 1. The fourth-order valence-corrected chi connectivity index (χ4v) is 0.317. The van der Waals surface area contributed by atoms with E-state index in [9.17, 15) is 4.39 Å². The van der Waals surface area contributed by atoms with Crippen LogP contribution in [-0.4, -0.2) is 5.11 Å². The van der Waals surface area contributed by atoms with Crippen molar-refractivity contribution in [2.75, 3.05) is 0 Å². The molecule has 0 saturated heterocycles. The van der Waals surface area contributed by atoms with Gasteiger partial charge in [0, 0.05) is 0 Å². The molecule has 0 aliphatic heterocycles. The molecule has 2 heteroatoms. The van der Waals surface area contributed by atoms with E-state index in [1.54, 1.807) is 0 Å². The van der Waals surface area contributed by atoms with E-state index in [0.29, 0.717) is 5.57 Å². The molecule has 0 aliphatic carbocycles. The highest BCUT2D eigenvalue weighted by Gasteiger charge is 1.99. The number of halogens is 1. The Balaban J connectivity index is 4.47. The molecule has 0 amide bonds. The Morgan fingerprint density at radius 3 is 2.22 bits per heavy atom. The maximum absolute atomic E-state index is 12.4. The lowest BCUT2D eigenvalue weighted by Crippen LogP contribution is -1.81. The highest BCUT2D eigenvalue weighted by molar-refractivity contribution is 5.27. The van der Waals surface area contributed by atoms with Crippen LogP contribution in [0.15, 0.2) is 36.4 Å². The molecule has 1 nitrogen and oxygen atoms in total. The van der Waals surface area contributed by atoms with Crippen LogP contribution >= 0.6 is 0 Å². The van der Waals surface area contributed by atoms with Gasteiger partial charge in [0.2, 0.25) is 0 Å². The molecule has 0 rings (SSSR count). The molecule has 0 unspecified atom stereocenters. The molecule has 0 spiro atoms. The summed E-state index contributed by atoms with van der Waals surface area (Å²) in [6.45, 7) is 7.82. The van der Waals surface area contributed by atoms with Gasteiger partial charge < -0.3 is 5.11 Å². The van der Waals surface area contributed by atoms with Crippen LogP contribution in [0.1, 0.15) is 6.92 Å². The number of hydrogen-bond acceptors (Lipinski definition) is 1. The molecule has 0 fully saturated rings. The molecule has 0 bridgehead atoms. The molecular formula is C7H9FO. The van der Waals surface area contributed by atoms with Gasteiger partial charge in [-0.25, -0.2) is 4.39 Å². The van der Waals surface area contributed by atoms with Crippen molar-refractivity contribution in [1.29, 1.82) is 0 Å². The normalized spacial score (nSPS) is 12.2. The maximum atomic E-state index is 12.4. The summed E-state index contributed by atoms with van der Waals surface area (Å²) in [6, 6.07) is 0. The SMILES string of the molecule is C=C/C(C)=C(/F)C(=C)O. The molecule has 0 radical (unpaired) electrons. The molecular weight excluding hydrogens is 119 g/mol. The Hall–Kier alpha value is -1.05. The summed E-state index contributed by atoms with van der Waals surface area (Å²) in [5.74, 6) is -1.25. The van der Waals surface area contributed by atoms with Crippen LogP contribution in [0.4, 0.5) is 4.39 Å². The minimum atomic E-state index is -0.704. The van der Waals surface area contributed by atoms with Crippen LogP contribution in [0.2, 0.25) is 0 Å². The third-order valence-corrected chi connectivity index (χ3v) is 0.906. The first kappa shape index (κ1) is 7.95. The molecule has 9 heavy (non-hydrogen) atoms. The number of aliphatic hydroxyl groups is 1. The third-order valence-electron chi connectivity index (χ3n) is 0.906. The van der Waals surface area contributed by atoms with Crippen molar-refractivity contribution in [3.05, 3.63) is 36.4 Å². The average molecular weight is 128 g/mol. The largest absolute Gasteiger partial charge is 0.505 e. The first-order valence-corrected chi connectivity index (χ1v) is 2.46. The minimum absolute atomic E-state index is 0.294. The molecule has 0 saturated carbocycles. The standard InChI is InChI=1S/C7H9FO/c1-4-5(2)7(8)6(3)9/h4,9H,1,3H2,2H3/b7-5+. The Morgan fingerprint density at radius 2 is 2.11 bits per heavy atom. The first-order chi connectivity index (χ1) is 4.09. The van der Waals surface area contributed by atoms with E-state index < -0.39 is 11.6 Å². The predicted octanol–water partition coefficient (Wildman–Crippen LogP) is 2.49. The minimum Gasteiger partial charge on any atom is -0.505 e. The predicted molar refractivity (Wildman–Crippen MR) is 35.8 cm³/mol. The van der Waals surface area contributed by atoms with Crippen LogP contribution in [-0.2, 0) is 0 Å². The second-order valence-electron chi connectivity index (χ2n) is 1.65. The van der Waals surface area contributed by atoms with Gasteiger partial charge in [0.05, 0.1) is 0 Å². The van der Waals surface area contributed by atoms with Crippen LogP contribution in [0, 0.1) is 0 Å². The van der Waals surface area contributed by atoms with Crippen LogP contribution in [0.5, 0.6) is 0 Å². The molecule has 0 aliphatic rings. The Bertz CT molecular complexity index is 168. The van der Waals surface area contributed by atoms with Gasteiger partial charge >= 0.3 is 0 Å². The quantitative estimate of drug-likeness (QED) is 0.447. The topological polar surface area (TPSA) is 20.2 Å². The van der Waals surface area contributed by atoms with E-state index >= 15 is 0 Å².